The highest BCUT2D eigenvalue weighted by Gasteiger charge is 2.21. The Hall–Kier alpha value is -6.75. The first-order valence-corrected chi connectivity index (χ1v) is 18.6. The zero-order valence-electron chi connectivity index (χ0n) is 28.6. The molecule has 0 atom stereocenters. The summed E-state index contributed by atoms with van der Waals surface area (Å²) in [5, 5.41) is 5.13. The summed E-state index contributed by atoms with van der Waals surface area (Å²) in [5.74, 6) is 1.97. The van der Waals surface area contributed by atoms with Gasteiger partial charge in [-0.2, -0.15) is 0 Å². The van der Waals surface area contributed by atoms with Crippen LogP contribution >= 0.6 is 11.3 Å². The van der Waals surface area contributed by atoms with E-state index in [1.54, 1.807) is 0 Å². The summed E-state index contributed by atoms with van der Waals surface area (Å²) in [6, 6.07) is 66.3. The van der Waals surface area contributed by atoms with Crippen LogP contribution in [0.5, 0.6) is 0 Å². The van der Waals surface area contributed by atoms with E-state index < -0.39 is 0 Å². The highest BCUT2D eigenvalue weighted by Crippen LogP contribution is 2.50. The Morgan fingerprint density at radius 1 is 0.302 bits per heavy atom. The second-order valence-corrected chi connectivity index (χ2v) is 14.2. The molecular formula is C49H31N3S. The van der Waals surface area contributed by atoms with Crippen molar-refractivity contribution in [2.24, 2.45) is 0 Å². The van der Waals surface area contributed by atoms with Crippen LogP contribution in [0.2, 0.25) is 0 Å². The Morgan fingerprint density at radius 2 is 0.717 bits per heavy atom. The van der Waals surface area contributed by atoms with Crippen LogP contribution in [0.4, 0.5) is 0 Å². The third kappa shape index (κ3) is 5.57. The third-order valence-electron chi connectivity index (χ3n) is 9.93. The number of rotatable bonds is 6. The van der Waals surface area contributed by atoms with E-state index >= 15 is 0 Å². The fraction of sp³-hybridized carbons (Fsp3) is 0. The summed E-state index contributed by atoms with van der Waals surface area (Å²) in [4.78, 5) is 14.7. The van der Waals surface area contributed by atoms with E-state index in [1.807, 2.05) is 72.0 Å². The van der Waals surface area contributed by atoms with Gasteiger partial charge in [0.05, 0.1) is 0 Å². The van der Waals surface area contributed by atoms with Gasteiger partial charge in [0.25, 0.3) is 0 Å². The number of fused-ring (bicyclic) bond motifs is 5. The summed E-state index contributed by atoms with van der Waals surface area (Å²) in [5.41, 5.74) is 10.2. The largest absolute Gasteiger partial charge is 0.208 e. The molecule has 0 aliphatic heterocycles. The van der Waals surface area contributed by atoms with Crippen LogP contribution in [0.1, 0.15) is 0 Å². The molecule has 2 heterocycles. The molecule has 0 aliphatic carbocycles. The van der Waals surface area contributed by atoms with Crippen molar-refractivity contribution in [2.45, 2.75) is 0 Å². The van der Waals surface area contributed by atoms with E-state index in [4.69, 9.17) is 15.0 Å². The van der Waals surface area contributed by atoms with E-state index in [9.17, 15) is 0 Å². The van der Waals surface area contributed by atoms with Crippen molar-refractivity contribution in [3.63, 3.8) is 0 Å². The summed E-state index contributed by atoms with van der Waals surface area (Å²) >= 11 is 1.89. The van der Waals surface area contributed by atoms with Gasteiger partial charge in [-0.05, 0) is 50.7 Å². The normalized spacial score (nSPS) is 11.4. The molecule has 0 saturated heterocycles. The maximum Gasteiger partial charge on any atom is 0.164 e. The van der Waals surface area contributed by atoms with Gasteiger partial charge in [-0.25, -0.2) is 15.0 Å². The first-order valence-electron chi connectivity index (χ1n) is 17.8. The molecule has 8 aromatic carbocycles. The van der Waals surface area contributed by atoms with Crippen molar-refractivity contribution in [3.05, 3.63) is 188 Å². The van der Waals surface area contributed by atoms with Gasteiger partial charge >= 0.3 is 0 Å². The van der Waals surface area contributed by atoms with E-state index in [0.29, 0.717) is 17.5 Å². The molecule has 53 heavy (non-hydrogen) atoms. The molecule has 0 radical (unpaired) electrons. The molecule has 0 bridgehead atoms. The van der Waals surface area contributed by atoms with Crippen LogP contribution in [0.15, 0.2) is 188 Å². The second-order valence-electron chi connectivity index (χ2n) is 13.2. The third-order valence-corrected chi connectivity index (χ3v) is 11.1. The smallest absolute Gasteiger partial charge is 0.164 e. The van der Waals surface area contributed by atoms with Gasteiger partial charge in [0, 0.05) is 42.4 Å². The van der Waals surface area contributed by atoms with E-state index in [2.05, 4.69) is 127 Å². The summed E-state index contributed by atoms with van der Waals surface area (Å²) in [7, 11) is 0. The predicted molar refractivity (Wildman–Crippen MR) is 223 cm³/mol. The highest BCUT2D eigenvalue weighted by molar-refractivity contribution is 7.26. The Kier molecular flexibility index (Phi) is 7.67. The molecule has 0 saturated carbocycles. The topological polar surface area (TPSA) is 38.7 Å². The van der Waals surface area contributed by atoms with Gasteiger partial charge in [-0.15, -0.1) is 11.3 Å². The van der Waals surface area contributed by atoms with Crippen molar-refractivity contribution in [2.75, 3.05) is 0 Å². The summed E-state index contributed by atoms with van der Waals surface area (Å²) in [6.07, 6.45) is 0. The number of hydrogen-bond acceptors (Lipinski definition) is 4. The van der Waals surface area contributed by atoms with Crippen LogP contribution in [0, 0.1) is 0 Å². The molecule has 10 rings (SSSR count). The Balaban J connectivity index is 1.12. The van der Waals surface area contributed by atoms with Gasteiger partial charge in [0.1, 0.15) is 0 Å². The van der Waals surface area contributed by atoms with Crippen LogP contribution < -0.4 is 0 Å². The van der Waals surface area contributed by atoms with Gasteiger partial charge in [-0.3, -0.25) is 0 Å². The summed E-state index contributed by atoms with van der Waals surface area (Å²) in [6.45, 7) is 0. The molecule has 4 heteroatoms. The van der Waals surface area contributed by atoms with Gasteiger partial charge in [0.15, 0.2) is 17.5 Å². The number of nitrogens with zero attached hydrogens (tertiary/aromatic N) is 3. The highest BCUT2D eigenvalue weighted by atomic mass is 32.1. The zero-order chi connectivity index (χ0) is 35.1. The van der Waals surface area contributed by atoms with Gasteiger partial charge in [-0.1, -0.05) is 176 Å². The van der Waals surface area contributed by atoms with Crippen LogP contribution in [-0.2, 0) is 0 Å². The first kappa shape index (κ1) is 31.0. The minimum absolute atomic E-state index is 0.651. The fourth-order valence-corrected chi connectivity index (χ4v) is 8.69. The van der Waals surface area contributed by atoms with Crippen molar-refractivity contribution in [1.82, 2.24) is 15.0 Å². The molecular weight excluding hydrogens is 663 g/mol. The fourth-order valence-electron chi connectivity index (χ4n) is 7.42. The average molecular weight is 694 g/mol. The molecule has 0 spiro atoms. The van der Waals surface area contributed by atoms with Crippen molar-refractivity contribution < 1.29 is 0 Å². The molecule has 0 aliphatic rings. The SMILES string of the molecule is c1ccc(-c2nc(-c3ccccc3)nc(-c3ccc(-c4ccc5sc6c(-c7ccccc7)c(-c7ccccc7)c7ccccc7c6c5c4)cc3)n2)cc1. The molecule has 0 amide bonds. The molecule has 3 nitrogen and oxygen atoms in total. The monoisotopic (exact) mass is 693 g/mol. The average Bonchev–Trinajstić information content (AvgIpc) is 3.63. The quantitative estimate of drug-likeness (QED) is 0.174. The first-order chi connectivity index (χ1) is 26.3. The van der Waals surface area contributed by atoms with Gasteiger partial charge < -0.3 is 0 Å². The minimum atomic E-state index is 0.651. The molecule has 248 valence electrons. The van der Waals surface area contributed by atoms with Gasteiger partial charge in [0.2, 0.25) is 0 Å². The number of benzene rings is 8. The Bertz CT molecular complexity index is 2850. The lowest BCUT2D eigenvalue weighted by atomic mass is 9.87. The van der Waals surface area contributed by atoms with Crippen LogP contribution in [0.25, 0.3) is 98.5 Å². The standard InChI is InChI=1S/C49H31N3S/c1-5-15-33(16-6-1)43-39-23-13-14-24-40(39)45-41-31-38(29-30-42(41)53-46(45)44(43)34-17-7-2-8-18-34)32-25-27-37(28-26-32)49-51-47(35-19-9-3-10-20-35)50-48(52-49)36-21-11-4-12-22-36/h1-31H. The Morgan fingerprint density at radius 3 is 1.26 bits per heavy atom. The lowest BCUT2D eigenvalue weighted by Crippen LogP contribution is -2.00. The summed E-state index contributed by atoms with van der Waals surface area (Å²) < 4.78 is 2.59. The van der Waals surface area contributed by atoms with Crippen LogP contribution in [-0.4, -0.2) is 15.0 Å². The molecule has 0 unspecified atom stereocenters. The number of thiophene rings is 1. The van der Waals surface area contributed by atoms with Crippen molar-refractivity contribution in [3.8, 4) is 67.5 Å². The minimum Gasteiger partial charge on any atom is -0.208 e. The number of aromatic nitrogens is 3. The van der Waals surface area contributed by atoms with E-state index in [0.717, 1.165) is 22.3 Å². The second kappa shape index (κ2) is 13.1. The van der Waals surface area contributed by atoms with Crippen molar-refractivity contribution in [1.29, 1.82) is 0 Å². The number of hydrogen-bond donors (Lipinski definition) is 0. The van der Waals surface area contributed by atoms with Crippen LogP contribution in [0.3, 0.4) is 0 Å². The van der Waals surface area contributed by atoms with E-state index in [1.165, 1.54) is 58.8 Å². The maximum atomic E-state index is 4.94. The molecule has 0 fully saturated rings. The Labute approximate surface area is 311 Å². The maximum absolute atomic E-state index is 4.94. The molecule has 2 aromatic heterocycles. The lowest BCUT2D eigenvalue weighted by Gasteiger charge is -2.16. The van der Waals surface area contributed by atoms with Crippen molar-refractivity contribution >= 4 is 42.3 Å². The van der Waals surface area contributed by atoms with E-state index in [-0.39, 0.29) is 0 Å². The zero-order valence-corrected chi connectivity index (χ0v) is 29.5. The lowest BCUT2D eigenvalue weighted by molar-refractivity contribution is 1.07. The molecule has 0 N–H and O–H groups in total. The predicted octanol–water partition coefficient (Wildman–Crippen LogP) is 13.4. The molecule has 10 aromatic rings.